The first kappa shape index (κ1) is 8.96. The van der Waals surface area contributed by atoms with Crippen LogP contribution in [-0.4, -0.2) is 0 Å². The first-order chi connectivity index (χ1) is 5.00. The Kier molecular flexibility index (Phi) is 2.51. The van der Waals surface area contributed by atoms with Crippen LogP contribution in [0.2, 0.25) is 0 Å². The summed E-state index contributed by atoms with van der Waals surface area (Å²) in [5, 5.41) is 0. The Labute approximate surface area is 80.1 Å². The molecule has 2 nitrogen and oxygen atoms in total. The molecule has 0 saturated heterocycles. The zero-order valence-electron chi connectivity index (χ0n) is 6.34. The highest BCUT2D eigenvalue weighted by Gasteiger charge is 2.15. The van der Waals surface area contributed by atoms with Crippen LogP contribution in [0, 0.1) is 6.92 Å². The smallest absolute Gasteiger partial charge is 0.143 e. The average molecular weight is 262 g/mol. The Morgan fingerprint density at radius 1 is 1.36 bits per heavy atom. The molecule has 1 aromatic carbocycles. The van der Waals surface area contributed by atoms with Crippen molar-refractivity contribution >= 4 is 22.6 Å². The molecule has 0 aliphatic rings. The van der Waals surface area contributed by atoms with Crippen molar-refractivity contribution in [3.05, 3.63) is 35.4 Å². The van der Waals surface area contributed by atoms with Gasteiger partial charge in [0.15, 0.2) is 0 Å². The highest BCUT2D eigenvalue weighted by Crippen LogP contribution is 2.19. The van der Waals surface area contributed by atoms with Crippen LogP contribution in [0.3, 0.4) is 0 Å². The van der Waals surface area contributed by atoms with E-state index in [1.165, 1.54) is 5.56 Å². The zero-order valence-corrected chi connectivity index (χ0v) is 8.50. The molecule has 0 spiro atoms. The molecule has 1 aromatic rings. The minimum absolute atomic E-state index is 0.746. The average Bonchev–Trinajstić information content (AvgIpc) is 1.86. The van der Waals surface area contributed by atoms with Crippen molar-refractivity contribution in [1.29, 1.82) is 0 Å². The molecular weight excluding hydrogens is 251 g/mol. The Morgan fingerprint density at radius 2 is 2.00 bits per heavy atom. The van der Waals surface area contributed by atoms with E-state index in [0.717, 1.165) is 5.56 Å². The SMILES string of the molecule is Cc1cccc(C(N)(N)I)c1. The summed E-state index contributed by atoms with van der Waals surface area (Å²) in [6, 6.07) is 7.90. The maximum absolute atomic E-state index is 5.69. The maximum Gasteiger partial charge on any atom is 0.143 e. The molecule has 0 aromatic heterocycles. The van der Waals surface area contributed by atoms with E-state index in [2.05, 4.69) is 0 Å². The fourth-order valence-electron chi connectivity index (χ4n) is 0.883. The number of benzene rings is 1. The van der Waals surface area contributed by atoms with Crippen LogP contribution in [-0.2, 0) is 3.67 Å². The summed E-state index contributed by atoms with van der Waals surface area (Å²) in [7, 11) is 0. The minimum atomic E-state index is -0.746. The van der Waals surface area contributed by atoms with Crippen LogP contribution in [0.4, 0.5) is 0 Å². The van der Waals surface area contributed by atoms with Crippen molar-refractivity contribution in [2.75, 3.05) is 0 Å². The van der Waals surface area contributed by atoms with Crippen LogP contribution >= 0.6 is 22.6 Å². The van der Waals surface area contributed by atoms with Gasteiger partial charge in [0.2, 0.25) is 0 Å². The molecule has 0 amide bonds. The van der Waals surface area contributed by atoms with Gasteiger partial charge in [-0.3, -0.25) is 0 Å². The van der Waals surface area contributed by atoms with Gasteiger partial charge in [-0.25, -0.2) is 0 Å². The summed E-state index contributed by atoms with van der Waals surface area (Å²) in [6.07, 6.45) is 0. The minimum Gasteiger partial charge on any atom is -0.301 e. The number of nitrogens with two attached hydrogens (primary N) is 2. The van der Waals surface area contributed by atoms with E-state index in [0.29, 0.717) is 0 Å². The van der Waals surface area contributed by atoms with E-state index >= 15 is 0 Å². The summed E-state index contributed by atoms with van der Waals surface area (Å²) in [6.45, 7) is 2.02. The van der Waals surface area contributed by atoms with E-state index in [9.17, 15) is 0 Å². The highest BCUT2D eigenvalue weighted by atomic mass is 127. The molecule has 0 aliphatic carbocycles. The lowest BCUT2D eigenvalue weighted by molar-refractivity contribution is 0.735. The van der Waals surface area contributed by atoms with Gasteiger partial charge in [0.1, 0.15) is 3.67 Å². The number of hydrogen-bond donors (Lipinski definition) is 2. The molecule has 0 atom stereocenters. The monoisotopic (exact) mass is 262 g/mol. The molecule has 1 rings (SSSR count). The summed E-state index contributed by atoms with van der Waals surface area (Å²) in [5.41, 5.74) is 13.5. The quantitative estimate of drug-likeness (QED) is 0.348. The van der Waals surface area contributed by atoms with Crippen molar-refractivity contribution < 1.29 is 0 Å². The van der Waals surface area contributed by atoms with E-state index in [1.807, 2.05) is 53.8 Å². The zero-order chi connectivity index (χ0) is 8.48. The lowest BCUT2D eigenvalue weighted by Gasteiger charge is -2.16. The van der Waals surface area contributed by atoms with Gasteiger partial charge >= 0.3 is 0 Å². The number of hydrogen-bond acceptors (Lipinski definition) is 2. The van der Waals surface area contributed by atoms with E-state index in [1.54, 1.807) is 0 Å². The molecular formula is C8H11IN2. The second kappa shape index (κ2) is 3.08. The molecule has 0 radical (unpaired) electrons. The lowest BCUT2D eigenvalue weighted by Crippen LogP contribution is -2.39. The molecule has 0 heterocycles. The van der Waals surface area contributed by atoms with Gasteiger partial charge in [-0.05, 0) is 35.1 Å². The van der Waals surface area contributed by atoms with Gasteiger partial charge in [-0.15, -0.1) is 0 Å². The summed E-state index contributed by atoms with van der Waals surface area (Å²) < 4.78 is -0.746. The largest absolute Gasteiger partial charge is 0.301 e. The predicted octanol–water partition coefficient (Wildman–Crippen LogP) is 1.46. The van der Waals surface area contributed by atoms with Crippen molar-refractivity contribution in [3.63, 3.8) is 0 Å². The first-order valence-electron chi connectivity index (χ1n) is 3.34. The Balaban J connectivity index is 3.06. The standard InChI is InChI=1S/C8H11IN2/c1-6-3-2-4-7(5-6)8(9,10)11/h2-5H,10-11H2,1H3. The fraction of sp³-hybridized carbons (Fsp3) is 0.250. The molecule has 0 unspecified atom stereocenters. The highest BCUT2D eigenvalue weighted by molar-refractivity contribution is 14.1. The van der Waals surface area contributed by atoms with E-state index in [-0.39, 0.29) is 0 Å². The van der Waals surface area contributed by atoms with Crippen molar-refractivity contribution in [1.82, 2.24) is 0 Å². The third-order valence-electron chi connectivity index (χ3n) is 1.46. The lowest BCUT2D eigenvalue weighted by atomic mass is 10.1. The number of rotatable bonds is 1. The third-order valence-corrected chi connectivity index (χ3v) is 2.08. The number of alkyl halides is 1. The Hall–Kier alpha value is -0.130. The summed E-state index contributed by atoms with van der Waals surface area (Å²) >= 11 is 2.01. The first-order valence-corrected chi connectivity index (χ1v) is 4.42. The Bertz CT molecular complexity index is 253. The molecule has 0 aliphatic heterocycles. The van der Waals surface area contributed by atoms with Gasteiger partial charge in [-0.1, -0.05) is 29.8 Å². The molecule has 0 fully saturated rings. The normalized spacial score (nSPS) is 11.6. The Morgan fingerprint density at radius 3 is 2.36 bits per heavy atom. The fourth-order valence-corrected chi connectivity index (χ4v) is 1.22. The van der Waals surface area contributed by atoms with Gasteiger partial charge in [0, 0.05) is 0 Å². The van der Waals surface area contributed by atoms with E-state index in [4.69, 9.17) is 11.5 Å². The number of aryl methyl sites for hydroxylation is 1. The molecule has 0 bridgehead atoms. The van der Waals surface area contributed by atoms with Gasteiger partial charge in [-0.2, -0.15) is 0 Å². The number of halogens is 1. The predicted molar refractivity (Wildman–Crippen MR) is 55.3 cm³/mol. The van der Waals surface area contributed by atoms with E-state index < -0.39 is 3.67 Å². The summed E-state index contributed by atoms with van der Waals surface area (Å²) in [5.74, 6) is 0. The van der Waals surface area contributed by atoms with Crippen molar-refractivity contribution in [2.24, 2.45) is 11.5 Å². The molecule has 3 heteroatoms. The second-order valence-corrected chi connectivity index (χ2v) is 4.42. The van der Waals surface area contributed by atoms with Crippen molar-refractivity contribution in [2.45, 2.75) is 10.6 Å². The van der Waals surface area contributed by atoms with Crippen LogP contribution in [0.5, 0.6) is 0 Å². The van der Waals surface area contributed by atoms with Gasteiger partial charge in [0.05, 0.1) is 0 Å². The molecule has 60 valence electrons. The van der Waals surface area contributed by atoms with Gasteiger partial charge in [0.25, 0.3) is 0 Å². The maximum atomic E-state index is 5.69. The molecule has 0 saturated carbocycles. The van der Waals surface area contributed by atoms with Crippen LogP contribution in [0.1, 0.15) is 11.1 Å². The van der Waals surface area contributed by atoms with Crippen LogP contribution in [0.25, 0.3) is 0 Å². The summed E-state index contributed by atoms with van der Waals surface area (Å²) in [4.78, 5) is 0. The van der Waals surface area contributed by atoms with Gasteiger partial charge < -0.3 is 11.5 Å². The third kappa shape index (κ3) is 2.43. The van der Waals surface area contributed by atoms with Crippen LogP contribution < -0.4 is 11.5 Å². The molecule has 11 heavy (non-hydrogen) atoms. The topological polar surface area (TPSA) is 52.0 Å². The molecule has 4 N–H and O–H groups in total. The van der Waals surface area contributed by atoms with Crippen LogP contribution in [0.15, 0.2) is 24.3 Å². The van der Waals surface area contributed by atoms with Crippen molar-refractivity contribution in [3.8, 4) is 0 Å². The second-order valence-electron chi connectivity index (χ2n) is 2.64.